The van der Waals surface area contributed by atoms with Crippen molar-refractivity contribution < 1.29 is 19.1 Å². The summed E-state index contributed by atoms with van der Waals surface area (Å²) in [6, 6.07) is 28.9. The summed E-state index contributed by atoms with van der Waals surface area (Å²) >= 11 is 1.42. The number of rotatable bonds is 10. The van der Waals surface area contributed by atoms with Crippen LogP contribution in [0.2, 0.25) is 0 Å². The normalized spacial score (nSPS) is 11.8. The summed E-state index contributed by atoms with van der Waals surface area (Å²) in [6.07, 6.45) is 1.60. The standard InChI is InChI=1S/C34H33N3O4S/c1-22-13-14-28(19-23(22)2)36-32(38)24(3)42-30-17-15-27(16-18-30)35-34(40)31(21-25-9-8-12-29(20-25)41-4)37-33(39)26-10-6-5-7-11-26/h5-21,24H,1-4H3,(H,35,40)(H,36,38)(H,37,39)/b31-21-. The molecule has 0 spiro atoms. The molecule has 0 aliphatic heterocycles. The van der Waals surface area contributed by atoms with E-state index in [-0.39, 0.29) is 16.9 Å². The molecule has 3 N–H and O–H groups in total. The lowest BCUT2D eigenvalue weighted by Crippen LogP contribution is -2.30. The minimum absolute atomic E-state index is 0.0761. The number of carbonyl (C=O) groups excluding carboxylic acids is 3. The van der Waals surface area contributed by atoms with E-state index in [2.05, 4.69) is 16.0 Å². The van der Waals surface area contributed by atoms with Gasteiger partial charge in [-0.15, -0.1) is 11.8 Å². The molecule has 3 amide bonds. The maximum atomic E-state index is 13.3. The number of ether oxygens (including phenoxy) is 1. The zero-order valence-electron chi connectivity index (χ0n) is 23.9. The van der Waals surface area contributed by atoms with Gasteiger partial charge in [0.2, 0.25) is 5.91 Å². The number of amides is 3. The molecular formula is C34H33N3O4S. The number of hydrogen-bond acceptors (Lipinski definition) is 5. The van der Waals surface area contributed by atoms with Gasteiger partial charge in [-0.1, -0.05) is 36.4 Å². The van der Waals surface area contributed by atoms with Crippen molar-refractivity contribution in [1.29, 1.82) is 0 Å². The molecule has 214 valence electrons. The second kappa shape index (κ2) is 14.2. The Morgan fingerprint density at radius 2 is 1.50 bits per heavy atom. The molecule has 1 unspecified atom stereocenters. The van der Waals surface area contributed by atoms with E-state index in [1.54, 1.807) is 67.8 Å². The van der Waals surface area contributed by atoms with Crippen LogP contribution < -0.4 is 20.7 Å². The molecule has 7 nitrogen and oxygen atoms in total. The number of thioether (sulfide) groups is 1. The number of hydrogen-bond donors (Lipinski definition) is 3. The zero-order chi connectivity index (χ0) is 30.1. The van der Waals surface area contributed by atoms with Crippen molar-refractivity contribution >= 4 is 46.9 Å². The van der Waals surface area contributed by atoms with Crippen molar-refractivity contribution in [3.05, 3.63) is 125 Å². The van der Waals surface area contributed by atoms with E-state index in [0.29, 0.717) is 22.6 Å². The summed E-state index contributed by atoms with van der Waals surface area (Å²) in [5.41, 5.74) is 4.79. The van der Waals surface area contributed by atoms with Crippen molar-refractivity contribution in [2.75, 3.05) is 17.7 Å². The molecule has 4 aromatic carbocycles. The molecule has 0 saturated heterocycles. The first-order valence-electron chi connectivity index (χ1n) is 13.4. The summed E-state index contributed by atoms with van der Waals surface area (Å²) in [5, 5.41) is 8.22. The van der Waals surface area contributed by atoms with Crippen LogP contribution in [-0.2, 0) is 9.59 Å². The molecule has 4 aromatic rings. The highest BCUT2D eigenvalue weighted by atomic mass is 32.2. The predicted molar refractivity (Wildman–Crippen MR) is 170 cm³/mol. The second-order valence-corrected chi connectivity index (χ2v) is 11.1. The van der Waals surface area contributed by atoms with E-state index >= 15 is 0 Å². The maximum absolute atomic E-state index is 13.3. The van der Waals surface area contributed by atoms with Crippen LogP contribution in [0.3, 0.4) is 0 Å². The van der Waals surface area contributed by atoms with Gasteiger partial charge in [-0.2, -0.15) is 0 Å². The quantitative estimate of drug-likeness (QED) is 0.141. The Labute approximate surface area is 250 Å². The van der Waals surface area contributed by atoms with Crippen LogP contribution in [0.4, 0.5) is 11.4 Å². The van der Waals surface area contributed by atoms with Crippen molar-refractivity contribution in [3.63, 3.8) is 0 Å². The van der Waals surface area contributed by atoms with Gasteiger partial charge in [0.1, 0.15) is 11.4 Å². The lowest BCUT2D eigenvalue weighted by molar-refractivity contribution is -0.115. The molecule has 8 heteroatoms. The Kier molecular flexibility index (Phi) is 10.2. The number of anilines is 2. The van der Waals surface area contributed by atoms with Gasteiger partial charge in [-0.3, -0.25) is 14.4 Å². The van der Waals surface area contributed by atoms with Gasteiger partial charge in [-0.25, -0.2) is 0 Å². The summed E-state index contributed by atoms with van der Waals surface area (Å²) in [5.74, 6) is -0.353. The maximum Gasteiger partial charge on any atom is 0.272 e. The van der Waals surface area contributed by atoms with Crippen LogP contribution in [-0.4, -0.2) is 30.1 Å². The van der Waals surface area contributed by atoms with Crippen molar-refractivity contribution in [3.8, 4) is 5.75 Å². The van der Waals surface area contributed by atoms with Crippen molar-refractivity contribution in [1.82, 2.24) is 5.32 Å². The Morgan fingerprint density at radius 3 is 2.19 bits per heavy atom. The van der Waals surface area contributed by atoms with E-state index in [4.69, 9.17) is 4.74 Å². The number of nitrogens with one attached hydrogen (secondary N) is 3. The number of methoxy groups -OCH3 is 1. The third-order valence-corrected chi connectivity index (χ3v) is 7.61. The summed E-state index contributed by atoms with van der Waals surface area (Å²) in [4.78, 5) is 39.8. The first-order valence-corrected chi connectivity index (χ1v) is 14.3. The van der Waals surface area contributed by atoms with Crippen molar-refractivity contribution in [2.24, 2.45) is 0 Å². The molecule has 4 rings (SSSR count). The highest BCUT2D eigenvalue weighted by Gasteiger charge is 2.17. The third-order valence-electron chi connectivity index (χ3n) is 6.50. The van der Waals surface area contributed by atoms with Crippen molar-refractivity contribution in [2.45, 2.75) is 30.9 Å². The van der Waals surface area contributed by atoms with Crippen LogP contribution in [0.5, 0.6) is 5.75 Å². The molecule has 1 atom stereocenters. The van der Waals surface area contributed by atoms with Crippen LogP contribution in [0.15, 0.2) is 108 Å². The third kappa shape index (κ3) is 8.34. The minimum atomic E-state index is -0.483. The fraction of sp³-hybridized carbons (Fsp3) is 0.147. The van der Waals surface area contributed by atoms with E-state index < -0.39 is 11.8 Å². The fourth-order valence-corrected chi connectivity index (χ4v) is 4.84. The van der Waals surface area contributed by atoms with E-state index in [1.807, 2.05) is 63.2 Å². The molecule has 0 bridgehead atoms. The highest BCUT2D eigenvalue weighted by molar-refractivity contribution is 8.00. The average molecular weight is 580 g/mol. The molecule has 0 aliphatic rings. The monoisotopic (exact) mass is 579 g/mol. The molecule has 0 heterocycles. The fourth-order valence-electron chi connectivity index (χ4n) is 3.98. The molecular weight excluding hydrogens is 546 g/mol. The predicted octanol–water partition coefficient (Wildman–Crippen LogP) is 6.84. The SMILES string of the molecule is COc1cccc(/C=C(\NC(=O)c2ccccc2)C(=O)Nc2ccc(SC(C)C(=O)Nc3ccc(C)c(C)c3)cc2)c1. The lowest BCUT2D eigenvalue weighted by Gasteiger charge is -2.14. The Morgan fingerprint density at radius 1 is 0.786 bits per heavy atom. The van der Waals surface area contributed by atoms with E-state index in [0.717, 1.165) is 16.1 Å². The van der Waals surface area contributed by atoms with Gasteiger partial charge in [0, 0.05) is 21.8 Å². The number of carbonyl (C=O) groups is 3. The summed E-state index contributed by atoms with van der Waals surface area (Å²) < 4.78 is 5.29. The second-order valence-electron chi connectivity index (χ2n) is 9.68. The average Bonchev–Trinajstić information content (AvgIpc) is 3.00. The van der Waals surface area contributed by atoms with Crippen LogP contribution in [0.25, 0.3) is 6.08 Å². The van der Waals surface area contributed by atoms with Gasteiger partial charge in [0.15, 0.2) is 0 Å². The summed E-state index contributed by atoms with van der Waals surface area (Å²) in [7, 11) is 1.56. The van der Waals surface area contributed by atoms with Crippen LogP contribution in [0.1, 0.15) is 34.0 Å². The summed E-state index contributed by atoms with van der Waals surface area (Å²) in [6.45, 7) is 5.89. The molecule has 0 saturated carbocycles. The molecule has 42 heavy (non-hydrogen) atoms. The number of aryl methyl sites for hydroxylation is 2. The smallest absolute Gasteiger partial charge is 0.272 e. The highest BCUT2D eigenvalue weighted by Crippen LogP contribution is 2.26. The Bertz CT molecular complexity index is 1600. The van der Waals surface area contributed by atoms with Crippen LogP contribution >= 0.6 is 11.8 Å². The van der Waals surface area contributed by atoms with E-state index in [9.17, 15) is 14.4 Å². The molecule has 0 aromatic heterocycles. The lowest BCUT2D eigenvalue weighted by atomic mass is 10.1. The minimum Gasteiger partial charge on any atom is -0.497 e. The number of benzene rings is 4. The van der Waals surface area contributed by atoms with E-state index in [1.165, 1.54) is 17.3 Å². The van der Waals surface area contributed by atoms with Gasteiger partial charge in [0.25, 0.3) is 11.8 Å². The molecule has 0 fully saturated rings. The van der Waals surface area contributed by atoms with Gasteiger partial charge in [0.05, 0.1) is 12.4 Å². The van der Waals surface area contributed by atoms with Gasteiger partial charge < -0.3 is 20.7 Å². The Balaban J connectivity index is 1.44. The topological polar surface area (TPSA) is 96.5 Å². The van der Waals surface area contributed by atoms with Gasteiger partial charge in [-0.05, 0) is 104 Å². The first kappa shape index (κ1) is 30.1. The van der Waals surface area contributed by atoms with Gasteiger partial charge >= 0.3 is 0 Å². The Hall–Kier alpha value is -4.82. The van der Waals surface area contributed by atoms with Crippen LogP contribution in [0, 0.1) is 13.8 Å². The largest absolute Gasteiger partial charge is 0.497 e. The first-order chi connectivity index (χ1) is 20.2. The molecule has 0 aliphatic carbocycles. The molecule has 0 radical (unpaired) electrons. The zero-order valence-corrected chi connectivity index (χ0v) is 24.8.